The Labute approximate surface area is 431 Å². The zero-order valence-corrected chi connectivity index (χ0v) is 43.0. The van der Waals surface area contributed by atoms with Gasteiger partial charge in [0.05, 0.1) is 6.04 Å². The van der Waals surface area contributed by atoms with E-state index >= 15 is 0 Å². The lowest BCUT2D eigenvalue weighted by atomic mass is 9.90. The van der Waals surface area contributed by atoms with Gasteiger partial charge in [0.15, 0.2) is 0 Å². The molecule has 5 aromatic rings. The Morgan fingerprint density at radius 3 is 1.88 bits per heavy atom. The summed E-state index contributed by atoms with van der Waals surface area (Å²) in [4.78, 5) is 95.6. The molecule has 17 heteroatoms. The number of para-hydroxylation sites is 1. The van der Waals surface area contributed by atoms with Gasteiger partial charge in [0.25, 0.3) is 0 Å². The predicted octanol–water partition coefficient (Wildman–Crippen LogP) is 9.58. The second-order valence-electron chi connectivity index (χ2n) is 19.8. The molecule has 1 heterocycles. The van der Waals surface area contributed by atoms with Crippen molar-refractivity contribution in [2.24, 2.45) is 5.92 Å². The fourth-order valence-electron chi connectivity index (χ4n) is 9.19. The first-order chi connectivity index (χ1) is 35.3. The molecule has 5 N–H and O–H groups in total. The number of nitrogens with one attached hydrogen (secondary N) is 5. The average Bonchev–Trinajstić information content (AvgIpc) is 3.69. The van der Waals surface area contributed by atoms with Crippen LogP contribution in [-0.4, -0.2) is 78.8 Å². The third-order valence-corrected chi connectivity index (χ3v) is 12.8. The van der Waals surface area contributed by atoms with Crippen molar-refractivity contribution >= 4 is 64.7 Å². The van der Waals surface area contributed by atoms with Crippen molar-refractivity contribution in [2.45, 2.75) is 111 Å². The fraction of sp³-hybridized carbons (Fsp3) is 0.351. The highest BCUT2D eigenvalue weighted by Crippen LogP contribution is 2.45. The number of benzene rings is 5. The van der Waals surface area contributed by atoms with E-state index in [1.807, 2.05) is 74.5 Å². The van der Waals surface area contributed by atoms with Crippen LogP contribution in [0.25, 0.3) is 11.1 Å². The summed E-state index contributed by atoms with van der Waals surface area (Å²) < 4.78 is 16.9. The van der Waals surface area contributed by atoms with Gasteiger partial charge in [-0.15, -0.1) is 0 Å². The maximum Gasteiger partial charge on any atom is 0.415 e. The molecule has 1 aliphatic carbocycles. The monoisotopic (exact) mass is 1010 g/mol. The zero-order valence-electron chi connectivity index (χ0n) is 43.0. The molecule has 2 aliphatic rings. The zero-order chi connectivity index (χ0) is 53.3. The fourth-order valence-corrected chi connectivity index (χ4v) is 9.19. The first-order valence-corrected chi connectivity index (χ1v) is 24.9. The van der Waals surface area contributed by atoms with E-state index in [0.29, 0.717) is 41.2 Å². The number of carbonyl (C=O) groups is 7. The third-order valence-electron chi connectivity index (χ3n) is 12.8. The Bertz CT molecular complexity index is 2820. The molecule has 5 aromatic carbocycles. The van der Waals surface area contributed by atoms with Crippen molar-refractivity contribution in [3.05, 3.63) is 144 Å². The molecule has 0 saturated carbocycles. The molecule has 17 nitrogen and oxygen atoms in total. The van der Waals surface area contributed by atoms with Gasteiger partial charge in [-0.2, -0.15) is 0 Å². The number of hydrogen-bond donors (Lipinski definition) is 5. The van der Waals surface area contributed by atoms with E-state index in [2.05, 4.69) is 38.7 Å². The van der Waals surface area contributed by atoms with Gasteiger partial charge in [0, 0.05) is 41.1 Å². The molecule has 0 unspecified atom stereocenters. The third kappa shape index (κ3) is 13.1. The van der Waals surface area contributed by atoms with Crippen molar-refractivity contribution in [1.82, 2.24) is 16.0 Å². The van der Waals surface area contributed by atoms with E-state index < -0.39 is 59.7 Å². The summed E-state index contributed by atoms with van der Waals surface area (Å²) in [6.45, 7) is 13.6. The van der Waals surface area contributed by atoms with E-state index in [1.54, 1.807) is 92.9 Å². The van der Waals surface area contributed by atoms with Gasteiger partial charge >= 0.3 is 18.3 Å². The van der Waals surface area contributed by atoms with E-state index in [4.69, 9.17) is 14.2 Å². The number of amides is 7. The highest BCUT2D eigenvalue weighted by Gasteiger charge is 2.39. The largest absolute Gasteiger partial charge is 0.449 e. The van der Waals surface area contributed by atoms with Gasteiger partial charge in [-0.1, -0.05) is 99.6 Å². The maximum atomic E-state index is 14.4. The van der Waals surface area contributed by atoms with Gasteiger partial charge in [-0.05, 0) is 123 Å². The number of hydrogen-bond acceptors (Lipinski definition) is 10. The molecule has 388 valence electrons. The van der Waals surface area contributed by atoms with Crippen LogP contribution in [0.3, 0.4) is 0 Å². The smallest absolute Gasteiger partial charge is 0.415 e. The van der Waals surface area contributed by atoms with Crippen LogP contribution in [0, 0.1) is 5.92 Å². The van der Waals surface area contributed by atoms with Crippen LogP contribution in [0.4, 0.5) is 37.1 Å². The molecule has 1 aliphatic heterocycles. The predicted molar refractivity (Wildman–Crippen MR) is 283 cm³/mol. The van der Waals surface area contributed by atoms with Crippen molar-refractivity contribution in [3.63, 3.8) is 0 Å². The maximum absolute atomic E-state index is 14.4. The molecule has 0 spiro atoms. The molecule has 0 saturated heterocycles. The number of anilines is 4. The lowest BCUT2D eigenvalue weighted by Crippen LogP contribution is -2.54. The van der Waals surface area contributed by atoms with Crippen LogP contribution in [0.2, 0.25) is 0 Å². The SMILES string of the molecule is CCC(=O)N1c2ccccc2[C@H](N(C(=O)OCc2ccc(NC(=O)[C@H](C)NC(=O)[C@@H](NC(=O)OC(C)(C)C)C(C)C)cc2)c2ccc(NC(=O)CNC(=O)OCC3c4ccccc4-c4ccccc43)cc2)C[C@@H]1C. The Kier molecular flexibility index (Phi) is 17.1. The Morgan fingerprint density at radius 1 is 0.689 bits per heavy atom. The van der Waals surface area contributed by atoms with Crippen LogP contribution < -0.4 is 36.4 Å². The summed E-state index contributed by atoms with van der Waals surface area (Å²) in [6, 6.07) is 34.1. The van der Waals surface area contributed by atoms with Gasteiger partial charge in [-0.3, -0.25) is 24.1 Å². The first-order valence-electron chi connectivity index (χ1n) is 24.9. The second kappa shape index (κ2) is 23.6. The van der Waals surface area contributed by atoms with Crippen molar-refractivity contribution in [2.75, 3.05) is 33.6 Å². The van der Waals surface area contributed by atoms with Crippen LogP contribution in [0.15, 0.2) is 121 Å². The highest BCUT2D eigenvalue weighted by atomic mass is 16.6. The minimum absolute atomic E-state index is 0.0445. The molecule has 4 atom stereocenters. The number of ether oxygens (including phenoxy) is 3. The molecule has 7 rings (SSSR count). The van der Waals surface area contributed by atoms with Gasteiger partial charge in [0.1, 0.15) is 37.4 Å². The topological polar surface area (TPSA) is 214 Å². The molecule has 74 heavy (non-hydrogen) atoms. The number of alkyl carbamates (subject to hydrolysis) is 2. The summed E-state index contributed by atoms with van der Waals surface area (Å²) in [5, 5.41) is 13.4. The number of carbonyl (C=O) groups excluding carboxylic acids is 7. The first kappa shape index (κ1) is 53.6. The van der Waals surface area contributed by atoms with E-state index in [0.717, 1.165) is 27.8 Å². The van der Waals surface area contributed by atoms with E-state index in [9.17, 15) is 33.6 Å². The number of nitrogens with zero attached hydrogens (tertiary/aromatic N) is 2. The highest BCUT2D eigenvalue weighted by molar-refractivity contribution is 5.99. The van der Waals surface area contributed by atoms with Gasteiger partial charge < -0.3 is 45.7 Å². The standard InChI is InChI=1S/C57H65N7O10/c1-9-50(66)63-35(4)30-48(45-20-14-15-21-47(45)63)64(56(71)73-32-37-22-24-39(25-23-37)61-52(67)36(5)59-53(68)51(34(2)3)62-55(70)74-57(6,7)8)40-28-26-38(27-29-40)60-49(65)31-58-54(69)72-33-46-43-18-12-10-16-41(43)42-17-11-13-19-44(42)46/h10-29,34-36,46,48,51H,9,30-33H2,1-8H3,(H,58,69)(H,59,68)(H,60,65)(H,61,67)(H,62,70)/t35-,36-,48+,51-/m0/s1. The average molecular weight is 1010 g/mol. The van der Waals surface area contributed by atoms with E-state index in [-0.39, 0.29) is 43.5 Å². The van der Waals surface area contributed by atoms with Gasteiger partial charge in [-0.25, -0.2) is 14.4 Å². The normalized spacial score (nSPS) is 15.5. The summed E-state index contributed by atoms with van der Waals surface area (Å²) in [6.07, 6.45) is -1.45. The molecular weight excluding hydrogens is 943 g/mol. The summed E-state index contributed by atoms with van der Waals surface area (Å²) in [5.41, 5.74) is 6.98. The summed E-state index contributed by atoms with van der Waals surface area (Å²) in [5.74, 6) is -2.00. The Hall–Kier alpha value is -8.21. The van der Waals surface area contributed by atoms with Crippen LogP contribution in [0.5, 0.6) is 0 Å². The van der Waals surface area contributed by atoms with Crippen LogP contribution in [0.1, 0.15) is 102 Å². The van der Waals surface area contributed by atoms with Gasteiger partial charge in [0.2, 0.25) is 23.6 Å². The Morgan fingerprint density at radius 2 is 1.27 bits per heavy atom. The lowest BCUT2D eigenvalue weighted by Gasteiger charge is -2.43. The molecule has 7 amide bonds. The minimum atomic E-state index is -0.959. The number of rotatable bonds is 16. The second-order valence-corrected chi connectivity index (χ2v) is 19.8. The molecular formula is C57H65N7O10. The molecule has 0 radical (unpaired) electrons. The van der Waals surface area contributed by atoms with Crippen LogP contribution >= 0.6 is 0 Å². The number of fused-ring (bicyclic) bond motifs is 4. The lowest BCUT2D eigenvalue weighted by molar-refractivity contribution is -0.128. The van der Waals surface area contributed by atoms with Crippen molar-refractivity contribution in [3.8, 4) is 11.1 Å². The van der Waals surface area contributed by atoms with E-state index in [1.165, 1.54) is 6.92 Å². The molecule has 0 aromatic heterocycles. The van der Waals surface area contributed by atoms with Crippen molar-refractivity contribution < 1.29 is 47.8 Å². The van der Waals surface area contributed by atoms with Crippen LogP contribution in [-0.2, 0) is 40.0 Å². The molecule has 0 fully saturated rings. The minimum Gasteiger partial charge on any atom is -0.449 e. The summed E-state index contributed by atoms with van der Waals surface area (Å²) in [7, 11) is 0. The summed E-state index contributed by atoms with van der Waals surface area (Å²) >= 11 is 0. The Balaban J connectivity index is 0.982. The van der Waals surface area contributed by atoms with Crippen molar-refractivity contribution in [1.29, 1.82) is 0 Å². The molecule has 0 bridgehead atoms. The quantitative estimate of drug-likeness (QED) is 0.0590.